The quantitative estimate of drug-likeness (QED) is 0.690. The van der Waals surface area contributed by atoms with Gasteiger partial charge >= 0.3 is 5.97 Å². The molecule has 0 aromatic heterocycles. The Morgan fingerprint density at radius 1 is 1.38 bits per heavy atom. The van der Waals surface area contributed by atoms with E-state index in [1.807, 2.05) is 0 Å². The zero-order valence-electron chi connectivity index (χ0n) is 10.2. The molecule has 1 aliphatic rings. The summed E-state index contributed by atoms with van der Waals surface area (Å²) in [5.41, 5.74) is 0. The normalized spacial score (nSPS) is 24.0. The minimum atomic E-state index is -0.617. The van der Waals surface area contributed by atoms with Crippen LogP contribution in [0.1, 0.15) is 40.0 Å². The predicted molar refractivity (Wildman–Crippen MR) is 59.0 cm³/mol. The summed E-state index contributed by atoms with van der Waals surface area (Å²) in [7, 11) is 0. The van der Waals surface area contributed by atoms with Crippen molar-refractivity contribution in [1.29, 1.82) is 0 Å². The summed E-state index contributed by atoms with van der Waals surface area (Å²) in [5.74, 6) is -0.839. The van der Waals surface area contributed by atoms with Crippen LogP contribution in [0.15, 0.2) is 0 Å². The molecule has 0 aliphatic carbocycles. The molecule has 0 spiro atoms. The lowest BCUT2D eigenvalue weighted by atomic mass is 9.98. The van der Waals surface area contributed by atoms with E-state index < -0.39 is 12.0 Å². The molecule has 1 heterocycles. The van der Waals surface area contributed by atoms with Crippen molar-refractivity contribution in [3.8, 4) is 0 Å². The second-order valence-corrected chi connectivity index (χ2v) is 4.49. The van der Waals surface area contributed by atoms with Crippen molar-refractivity contribution in [2.24, 2.45) is 5.92 Å². The molecule has 0 unspecified atom stereocenters. The second kappa shape index (κ2) is 5.99. The van der Waals surface area contributed by atoms with Crippen LogP contribution in [0.2, 0.25) is 0 Å². The molecule has 0 amide bonds. The van der Waals surface area contributed by atoms with Crippen molar-refractivity contribution in [3.63, 3.8) is 0 Å². The number of rotatable bonds is 3. The monoisotopic (exact) mass is 228 g/mol. The number of Topliss-reactive ketones (excluding diaryl/α,β-unsaturated/α-hetero) is 1. The van der Waals surface area contributed by atoms with E-state index in [1.165, 1.54) is 0 Å². The summed E-state index contributed by atoms with van der Waals surface area (Å²) < 4.78 is 10.5. The van der Waals surface area contributed by atoms with Gasteiger partial charge in [0, 0.05) is 13.0 Å². The Bertz CT molecular complexity index is 260. The van der Waals surface area contributed by atoms with Crippen LogP contribution in [0.25, 0.3) is 0 Å². The Morgan fingerprint density at radius 3 is 2.69 bits per heavy atom. The predicted octanol–water partition coefficient (Wildman–Crippen LogP) is 1.71. The van der Waals surface area contributed by atoms with Crippen LogP contribution in [-0.2, 0) is 19.1 Å². The molecule has 4 nitrogen and oxygen atoms in total. The molecule has 0 N–H and O–H groups in total. The average Bonchev–Trinajstić information content (AvgIpc) is 2.40. The summed E-state index contributed by atoms with van der Waals surface area (Å²) in [6.07, 6.45) is 1.46. The molecular weight excluding hydrogens is 208 g/mol. The molecule has 0 saturated carbocycles. The third-order valence-corrected chi connectivity index (χ3v) is 2.61. The Kier molecular flexibility index (Phi) is 4.93. The molecule has 1 fully saturated rings. The largest absolute Gasteiger partial charge is 0.463 e. The van der Waals surface area contributed by atoms with Gasteiger partial charge in [0.15, 0.2) is 5.78 Å². The molecule has 2 atom stereocenters. The van der Waals surface area contributed by atoms with Crippen LogP contribution in [0.3, 0.4) is 0 Å². The molecule has 1 rings (SSSR count). The van der Waals surface area contributed by atoms with Gasteiger partial charge in [0.05, 0.1) is 12.0 Å². The van der Waals surface area contributed by atoms with Gasteiger partial charge in [-0.1, -0.05) is 0 Å². The van der Waals surface area contributed by atoms with Gasteiger partial charge in [-0.05, 0) is 33.6 Å². The van der Waals surface area contributed by atoms with Crippen molar-refractivity contribution in [1.82, 2.24) is 0 Å². The lowest BCUT2D eigenvalue weighted by Gasteiger charge is -2.21. The van der Waals surface area contributed by atoms with Gasteiger partial charge in [-0.15, -0.1) is 0 Å². The molecular formula is C12H20O4. The number of carbonyl (C=O) groups is 2. The van der Waals surface area contributed by atoms with Gasteiger partial charge in [-0.2, -0.15) is 0 Å². The fourth-order valence-electron chi connectivity index (χ4n) is 1.73. The number of esters is 1. The third kappa shape index (κ3) is 3.59. The van der Waals surface area contributed by atoms with E-state index in [-0.39, 0.29) is 17.9 Å². The minimum absolute atomic E-state index is 0.0192. The standard InChI is InChI=1S/C12H20O4/c1-8(2)16-12(14)9(3)11-10(13)6-4-5-7-15-11/h8-9,11H,4-7H2,1-3H3/t9-,11+/m0/s1. The summed E-state index contributed by atoms with van der Waals surface area (Å²) in [5, 5.41) is 0. The van der Waals surface area contributed by atoms with Crippen LogP contribution in [0.4, 0.5) is 0 Å². The number of hydrogen-bond donors (Lipinski definition) is 0. The van der Waals surface area contributed by atoms with Gasteiger partial charge in [0.2, 0.25) is 0 Å². The third-order valence-electron chi connectivity index (χ3n) is 2.61. The maximum atomic E-state index is 11.7. The number of carbonyl (C=O) groups excluding carboxylic acids is 2. The summed E-state index contributed by atoms with van der Waals surface area (Å²) in [4.78, 5) is 23.4. The first-order chi connectivity index (χ1) is 7.52. The fourth-order valence-corrected chi connectivity index (χ4v) is 1.73. The molecule has 1 saturated heterocycles. The van der Waals surface area contributed by atoms with Crippen LogP contribution < -0.4 is 0 Å². The molecule has 16 heavy (non-hydrogen) atoms. The summed E-state index contributed by atoms with van der Waals surface area (Å²) in [6, 6.07) is 0. The van der Waals surface area contributed by atoms with Crippen LogP contribution in [-0.4, -0.2) is 30.6 Å². The lowest BCUT2D eigenvalue weighted by molar-refractivity contribution is -0.160. The molecule has 1 aliphatic heterocycles. The SMILES string of the molecule is CC(C)OC(=O)[C@@H](C)[C@H]1OCCCCC1=O. The van der Waals surface area contributed by atoms with Crippen molar-refractivity contribution in [2.75, 3.05) is 6.61 Å². The van der Waals surface area contributed by atoms with Crippen LogP contribution in [0.5, 0.6) is 0 Å². The number of hydrogen-bond acceptors (Lipinski definition) is 4. The van der Waals surface area contributed by atoms with Gasteiger partial charge < -0.3 is 9.47 Å². The molecule has 92 valence electrons. The fraction of sp³-hybridized carbons (Fsp3) is 0.833. The van der Waals surface area contributed by atoms with E-state index in [9.17, 15) is 9.59 Å². The number of ether oxygens (including phenoxy) is 2. The van der Waals surface area contributed by atoms with E-state index in [0.29, 0.717) is 13.0 Å². The van der Waals surface area contributed by atoms with E-state index in [2.05, 4.69) is 0 Å². The first-order valence-corrected chi connectivity index (χ1v) is 5.87. The zero-order valence-corrected chi connectivity index (χ0v) is 10.2. The van der Waals surface area contributed by atoms with Gasteiger partial charge in [-0.3, -0.25) is 9.59 Å². The van der Waals surface area contributed by atoms with E-state index >= 15 is 0 Å². The Labute approximate surface area is 96.3 Å². The molecule has 0 aromatic carbocycles. The maximum Gasteiger partial charge on any atom is 0.312 e. The second-order valence-electron chi connectivity index (χ2n) is 4.49. The Hall–Kier alpha value is -0.900. The molecule has 0 aromatic rings. The van der Waals surface area contributed by atoms with Gasteiger partial charge in [0.25, 0.3) is 0 Å². The molecule has 4 heteroatoms. The highest BCUT2D eigenvalue weighted by Gasteiger charge is 2.33. The van der Waals surface area contributed by atoms with E-state index in [1.54, 1.807) is 20.8 Å². The van der Waals surface area contributed by atoms with Gasteiger partial charge in [0.1, 0.15) is 6.10 Å². The highest BCUT2D eigenvalue weighted by molar-refractivity contribution is 5.88. The first-order valence-electron chi connectivity index (χ1n) is 5.87. The van der Waals surface area contributed by atoms with Crippen molar-refractivity contribution >= 4 is 11.8 Å². The van der Waals surface area contributed by atoms with Crippen LogP contribution in [0, 0.1) is 5.92 Å². The van der Waals surface area contributed by atoms with Crippen molar-refractivity contribution < 1.29 is 19.1 Å². The molecule has 0 radical (unpaired) electrons. The summed E-state index contributed by atoms with van der Waals surface area (Å²) >= 11 is 0. The highest BCUT2D eigenvalue weighted by Crippen LogP contribution is 2.18. The minimum Gasteiger partial charge on any atom is -0.463 e. The van der Waals surface area contributed by atoms with E-state index in [0.717, 1.165) is 12.8 Å². The highest BCUT2D eigenvalue weighted by atomic mass is 16.5. The molecule has 0 bridgehead atoms. The average molecular weight is 228 g/mol. The Morgan fingerprint density at radius 2 is 2.06 bits per heavy atom. The van der Waals surface area contributed by atoms with Crippen molar-refractivity contribution in [2.45, 2.75) is 52.2 Å². The number of ketones is 1. The smallest absolute Gasteiger partial charge is 0.312 e. The first kappa shape index (κ1) is 13.2. The Balaban J connectivity index is 2.59. The van der Waals surface area contributed by atoms with Crippen LogP contribution >= 0.6 is 0 Å². The summed E-state index contributed by atoms with van der Waals surface area (Å²) in [6.45, 7) is 5.83. The zero-order chi connectivity index (χ0) is 12.1. The maximum absolute atomic E-state index is 11.7. The topological polar surface area (TPSA) is 52.6 Å². The van der Waals surface area contributed by atoms with Crippen molar-refractivity contribution in [3.05, 3.63) is 0 Å². The van der Waals surface area contributed by atoms with E-state index in [4.69, 9.17) is 9.47 Å². The van der Waals surface area contributed by atoms with Gasteiger partial charge in [-0.25, -0.2) is 0 Å². The lowest BCUT2D eigenvalue weighted by Crippen LogP contribution is -2.36.